The molecule has 0 aliphatic carbocycles. The Morgan fingerprint density at radius 3 is 2.26 bits per heavy atom. The Morgan fingerprint density at radius 1 is 1.16 bits per heavy atom. The second-order valence-corrected chi connectivity index (χ2v) is 4.08. The molecule has 1 fully saturated rings. The average Bonchev–Trinajstić information content (AvgIpc) is 2.39. The van der Waals surface area contributed by atoms with Gasteiger partial charge in [-0.05, 0) is 0 Å². The molecule has 1 heterocycles. The Bertz CT molecular complexity index is 428. The maximum atomic E-state index is 12.1. The summed E-state index contributed by atoms with van der Waals surface area (Å²) in [6, 6.07) is 8.23. The van der Waals surface area contributed by atoms with Crippen LogP contribution in [0.3, 0.4) is 0 Å². The molecule has 1 aromatic rings. The predicted octanol–water partition coefficient (Wildman–Crippen LogP) is 1.78. The standard InChI is InChI=1S/C12H12F3NO3/c13-12(14,15)11(17)16-9-6-18-10(19-7-9)8-4-2-1-3-5-8/h1-5,9-10H,6-7H2,(H,16,17). The minimum atomic E-state index is -4.89. The number of carbonyl (C=O) groups excluding carboxylic acids is 1. The van der Waals surface area contributed by atoms with Gasteiger partial charge >= 0.3 is 12.1 Å². The van der Waals surface area contributed by atoms with Gasteiger partial charge in [0.25, 0.3) is 0 Å². The van der Waals surface area contributed by atoms with E-state index in [1.807, 2.05) is 11.4 Å². The van der Waals surface area contributed by atoms with Crippen LogP contribution < -0.4 is 5.32 Å². The van der Waals surface area contributed by atoms with Crippen LogP contribution in [0.15, 0.2) is 30.3 Å². The van der Waals surface area contributed by atoms with Crippen LogP contribution in [-0.4, -0.2) is 31.3 Å². The fraction of sp³-hybridized carbons (Fsp3) is 0.417. The van der Waals surface area contributed by atoms with Crippen molar-refractivity contribution in [1.29, 1.82) is 0 Å². The maximum absolute atomic E-state index is 12.1. The number of rotatable bonds is 2. The first-order chi connectivity index (χ1) is 8.97. The van der Waals surface area contributed by atoms with E-state index in [0.717, 1.165) is 5.56 Å². The summed E-state index contributed by atoms with van der Waals surface area (Å²) >= 11 is 0. The third-order valence-corrected chi connectivity index (χ3v) is 2.56. The highest BCUT2D eigenvalue weighted by molar-refractivity contribution is 5.81. The van der Waals surface area contributed by atoms with E-state index in [4.69, 9.17) is 9.47 Å². The number of alkyl halides is 3. The third-order valence-electron chi connectivity index (χ3n) is 2.56. The highest BCUT2D eigenvalue weighted by Gasteiger charge is 2.40. The number of nitrogens with one attached hydrogen (secondary N) is 1. The Balaban J connectivity index is 1.85. The minimum Gasteiger partial charge on any atom is -0.346 e. The molecule has 4 nitrogen and oxygen atoms in total. The SMILES string of the molecule is O=C(NC1COC(c2ccccc2)OC1)C(F)(F)F. The molecule has 0 saturated carbocycles. The predicted molar refractivity (Wildman–Crippen MR) is 59.1 cm³/mol. The fourth-order valence-electron chi connectivity index (χ4n) is 1.66. The molecule has 1 aromatic carbocycles. The monoisotopic (exact) mass is 275 g/mol. The summed E-state index contributed by atoms with van der Waals surface area (Å²) in [6.45, 7) is -0.0528. The van der Waals surface area contributed by atoms with Crippen LogP contribution in [0, 0.1) is 0 Å². The van der Waals surface area contributed by atoms with Crippen LogP contribution in [0.5, 0.6) is 0 Å². The highest BCUT2D eigenvalue weighted by Crippen LogP contribution is 2.23. The Kier molecular flexibility index (Phi) is 4.06. The average molecular weight is 275 g/mol. The van der Waals surface area contributed by atoms with E-state index in [9.17, 15) is 18.0 Å². The van der Waals surface area contributed by atoms with E-state index in [2.05, 4.69) is 0 Å². The van der Waals surface area contributed by atoms with Crippen LogP contribution in [-0.2, 0) is 14.3 Å². The van der Waals surface area contributed by atoms with Crippen LogP contribution in [0.25, 0.3) is 0 Å². The molecule has 0 unspecified atom stereocenters. The molecule has 0 aromatic heterocycles. The summed E-state index contributed by atoms with van der Waals surface area (Å²) in [5.41, 5.74) is 0.781. The van der Waals surface area contributed by atoms with Gasteiger partial charge < -0.3 is 14.8 Å². The second kappa shape index (κ2) is 5.58. The van der Waals surface area contributed by atoms with Gasteiger partial charge in [0, 0.05) is 5.56 Å². The van der Waals surface area contributed by atoms with Gasteiger partial charge in [0.1, 0.15) is 0 Å². The van der Waals surface area contributed by atoms with Gasteiger partial charge in [0.15, 0.2) is 6.29 Å². The molecule has 1 amide bonds. The Morgan fingerprint density at radius 2 is 1.74 bits per heavy atom. The molecule has 0 spiro atoms. The van der Waals surface area contributed by atoms with Crippen molar-refractivity contribution in [3.8, 4) is 0 Å². The number of halogens is 3. The van der Waals surface area contributed by atoms with Crippen LogP contribution >= 0.6 is 0 Å². The van der Waals surface area contributed by atoms with Gasteiger partial charge in [0.2, 0.25) is 0 Å². The topological polar surface area (TPSA) is 47.6 Å². The number of hydrogen-bond donors (Lipinski definition) is 1. The van der Waals surface area contributed by atoms with Crippen molar-refractivity contribution in [2.75, 3.05) is 13.2 Å². The van der Waals surface area contributed by atoms with E-state index >= 15 is 0 Å². The first-order valence-corrected chi connectivity index (χ1v) is 5.62. The first-order valence-electron chi connectivity index (χ1n) is 5.62. The zero-order valence-electron chi connectivity index (χ0n) is 9.81. The van der Waals surface area contributed by atoms with Crippen molar-refractivity contribution in [3.63, 3.8) is 0 Å². The number of ether oxygens (including phenoxy) is 2. The van der Waals surface area contributed by atoms with Gasteiger partial charge in [-0.15, -0.1) is 0 Å². The van der Waals surface area contributed by atoms with Gasteiger partial charge in [-0.25, -0.2) is 0 Å². The summed E-state index contributed by atoms with van der Waals surface area (Å²) in [5.74, 6) is -1.98. The first kappa shape index (κ1) is 13.8. The molecule has 0 bridgehead atoms. The van der Waals surface area contributed by atoms with Crippen molar-refractivity contribution in [2.45, 2.75) is 18.5 Å². The third kappa shape index (κ3) is 3.68. The van der Waals surface area contributed by atoms with E-state index in [1.54, 1.807) is 24.3 Å². The van der Waals surface area contributed by atoms with Crippen molar-refractivity contribution in [3.05, 3.63) is 35.9 Å². The molecule has 1 N–H and O–H groups in total. The molecular weight excluding hydrogens is 263 g/mol. The summed E-state index contributed by atoms with van der Waals surface area (Å²) in [7, 11) is 0. The largest absolute Gasteiger partial charge is 0.471 e. The molecule has 2 rings (SSSR count). The molecule has 7 heteroatoms. The van der Waals surface area contributed by atoms with E-state index in [0.29, 0.717) is 0 Å². The second-order valence-electron chi connectivity index (χ2n) is 4.08. The fourth-order valence-corrected chi connectivity index (χ4v) is 1.66. The van der Waals surface area contributed by atoms with Crippen molar-refractivity contribution >= 4 is 5.91 Å². The number of amides is 1. The normalized spacial score (nSPS) is 23.9. The lowest BCUT2D eigenvalue weighted by Gasteiger charge is -2.30. The van der Waals surface area contributed by atoms with Crippen molar-refractivity contribution in [1.82, 2.24) is 5.32 Å². The summed E-state index contributed by atoms with van der Waals surface area (Å²) in [6.07, 6.45) is -5.50. The molecule has 1 saturated heterocycles. The molecule has 0 radical (unpaired) electrons. The summed E-state index contributed by atoms with van der Waals surface area (Å²) in [5, 5.41) is 1.82. The van der Waals surface area contributed by atoms with Gasteiger partial charge in [-0.3, -0.25) is 4.79 Å². The Hall–Kier alpha value is -1.60. The minimum absolute atomic E-state index is 0.0264. The molecule has 19 heavy (non-hydrogen) atoms. The van der Waals surface area contributed by atoms with Gasteiger partial charge in [-0.2, -0.15) is 13.2 Å². The van der Waals surface area contributed by atoms with Gasteiger partial charge in [0.05, 0.1) is 19.3 Å². The zero-order valence-corrected chi connectivity index (χ0v) is 9.81. The molecular formula is C12H12F3NO3. The van der Waals surface area contributed by atoms with Crippen LogP contribution in [0.2, 0.25) is 0 Å². The Labute approximate surface area is 107 Å². The molecule has 1 aliphatic rings. The number of carbonyl (C=O) groups is 1. The quantitative estimate of drug-likeness (QED) is 0.895. The molecule has 104 valence electrons. The van der Waals surface area contributed by atoms with Crippen LogP contribution in [0.1, 0.15) is 11.9 Å². The smallest absolute Gasteiger partial charge is 0.346 e. The number of hydrogen-bond acceptors (Lipinski definition) is 3. The highest BCUT2D eigenvalue weighted by atomic mass is 19.4. The van der Waals surface area contributed by atoms with E-state index < -0.39 is 24.4 Å². The zero-order chi connectivity index (χ0) is 13.9. The maximum Gasteiger partial charge on any atom is 0.471 e. The molecule has 0 atom stereocenters. The van der Waals surface area contributed by atoms with Gasteiger partial charge in [-0.1, -0.05) is 30.3 Å². The van der Waals surface area contributed by atoms with Crippen LogP contribution in [0.4, 0.5) is 13.2 Å². The lowest BCUT2D eigenvalue weighted by molar-refractivity contribution is -0.201. The summed E-state index contributed by atoms with van der Waals surface area (Å²) < 4.78 is 46.7. The van der Waals surface area contributed by atoms with Crippen molar-refractivity contribution < 1.29 is 27.4 Å². The summed E-state index contributed by atoms with van der Waals surface area (Å²) in [4.78, 5) is 10.7. The lowest BCUT2D eigenvalue weighted by Crippen LogP contribution is -2.49. The lowest BCUT2D eigenvalue weighted by atomic mass is 10.2. The van der Waals surface area contributed by atoms with E-state index in [-0.39, 0.29) is 13.2 Å². The van der Waals surface area contributed by atoms with Crippen molar-refractivity contribution in [2.24, 2.45) is 0 Å². The van der Waals surface area contributed by atoms with E-state index in [1.165, 1.54) is 0 Å². The molecule has 1 aliphatic heterocycles. The number of benzene rings is 1.